The molecule has 3 aromatic rings. The predicted molar refractivity (Wildman–Crippen MR) is 143 cm³/mol. The Kier molecular flexibility index (Phi) is 6.35. The third kappa shape index (κ3) is 4.23. The number of carboxylic acid groups (broad SMARTS) is 1. The second-order valence-corrected chi connectivity index (χ2v) is 12.1. The number of aliphatic carboxylic acids is 1. The number of methoxy groups -OCH3 is 1. The number of aromatic nitrogens is 1. The molecule has 0 radical (unpaired) electrons. The summed E-state index contributed by atoms with van der Waals surface area (Å²) in [7, 11) is 1.49. The Balaban J connectivity index is 1.35. The van der Waals surface area contributed by atoms with Crippen molar-refractivity contribution in [3.8, 4) is 22.8 Å². The van der Waals surface area contributed by atoms with Crippen molar-refractivity contribution in [3.63, 3.8) is 0 Å². The van der Waals surface area contributed by atoms with E-state index in [1.807, 2.05) is 12.1 Å². The Bertz CT molecular complexity index is 1520. The number of benzene rings is 2. The third-order valence-corrected chi connectivity index (χ3v) is 9.45. The standard InChI is InChI=1S/C32H32F3NO4/c1-31(2)9-4-5-22(31)20-11-17(6-7-18(20)21-12-27(39-3)36-15-25(21)34)16-40-26-13-24(33)19-8-10-32(28(19)29(26)35)14-23(32)30(37)38/h6-7,11-13,15,22-23H,4-5,8-10,14,16H2,1-3H3,(H,37,38)/t22-,23+,32?/m0/s1. The number of nitrogens with zero attached hydrogens (tertiary/aromatic N) is 1. The molecule has 2 saturated carbocycles. The molecule has 3 aliphatic rings. The van der Waals surface area contributed by atoms with Crippen LogP contribution in [0.15, 0.2) is 36.5 Å². The van der Waals surface area contributed by atoms with Crippen LogP contribution in [0.3, 0.4) is 0 Å². The number of pyridine rings is 1. The number of rotatable bonds is 7. The molecule has 0 saturated heterocycles. The molecule has 0 bridgehead atoms. The molecule has 0 aliphatic heterocycles. The number of carbonyl (C=O) groups is 1. The first kappa shape index (κ1) is 26.7. The van der Waals surface area contributed by atoms with Gasteiger partial charge in [0.1, 0.15) is 18.2 Å². The van der Waals surface area contributed by atoms with Gasteiger partial charge in [-0.1, -0.05) is 38.5 Å². The van der Waals surface area contributed by atoms with Crippen LogP contribution in [-0.4, -0.2) is 23.2 Å². The van der Waals surface area contributed by atoms with Gasteiger partial charge in [0.2, 0.25) is 5.88 Å². The fourth-order valence-electron chi connectivity index (χ4n) is 7.20. The van der Waals surface area contributed by atoms with Crippen molar-refractivity contribution in [3.05, 3.63) is 76.2 Å². The average molecular weight is 552 g/mol. The van der Waals surface area contributed by atoms with Crippen LogP contribution in [0.2, 0.25) is 0 Å². The normalized spacial score (nSPS) is 24.2. The zero-order chi connectivity index (χ0) is 28.4. The summed E-state index contributed by atoms with van der Waals surface area (Å²) < 4.78 is 56.8. The van der Waals surface area contributed by atoms with E-state index in [2.05, 4.69) is 18.8 Å². The maximum atomic E-state index is 15.7. The number of carboxylic acids is 1. The Hall–Kier alpha value is -3.55. The van der Waals surface area contributed by atoms with Gasteiger partial charge in [0.25, 0.3) is 0 Å². The summed E-state index contributed by atoms with van der Waals surface area (Å²) in [6.45, 7) is 4.40. The van der Waals surface area contributed by atoms with E-state index in [0.29, 0.717) is 30.7 Å². The number of ether oxygens (including phenoxy) is 2. The van der Waals surface area contributed by atoms with E-state index in [0.717, 1.165) is 48.2 Å². The summed E-state index contributed by atoms with van der Waals surface area (Å²) in [6, 6.07) is 8.28. The van der Waals surface area contributed by atoms with Crippen molar-refractivity contribution in [2.24, 2.45) is 11.3 Å². The molecule has 3 atom stereocenters. The highest BCUT2D eigenvalue weighted by Gasteiger charge is 2.63. The highest BCUT2D eigenvalue weighted by molar-refractivity contribution is 5.78. The first-order valence-corrected chi connectivity index (χ1v) is 13.8. The van der Waals surface area contributed by atoms with Crippen molar-refractivity contribution >= 4 is 5.97 Å². The lowest BCUT2D eigenvalue weighted by atomic mass is 9.75. The molecule has 0 amide bonds. The molecule has 2 fully saturated rings. The molecule has 1 unspecified atom stereocenters. The summed E-state index contributed by atoms with van der Waals surface area (Å²) in [5.74, 6) is -3.11. The Morgan fingerprint density at radius 2 is 1.90 bits per heavy atom. The van der Waals surface area contributed by atoms with Crippen molar-refractivity contribution in [2.45, 2.75) is 70.3 Å². The summed E-state index contributed by atoms with van der Waals surface area (Å²) in [6.07, 6.45) is 5.26. The van der Waals surface area contributed by atoms with Gasteiger partial charge in [-0.2, -0.15) is 0 Å². The molecule has 6 rings (SSSR count). The van der Waals surface area contributed by atoms with Crippen molar-refractivity contribution in [1.82, 2.24) is 4.98 Å². The van der Waals surface area contributed by atoms with Gasteiger partial charge in [0, 0.05) is 28.7 Å². The third-order valence-electron chi connectivity index (χ3n) is 9.45. The van der Waals surface area contributed by atoms with Gasteiger partial charge in [-0.05, 0) is 65.7 Å². The first-order valence-electron chi connectivity index (χ1n) is 13.8. The SMILES string of the molecule is COc1cc(-c2ccc(COc3cc(F)c4c(c3F)C3(CC4)C[C@@H]3C(=O)O)cc2[C@@H]2CCCC2(C)C)c(F)cn1. The maximum Gasteiger partial charge on any atom is 0.307 e. The first-order chi connectivity index (χ1) is 19.1. The van der Waals surface area contributed by atoms with Crippen LogP contribution in [0.4, 0.5) is 13.2 Å². The minimum atomic E-state index is -0.982. The summed E-state index contributed by atoms with van der Waals surface area (Å²) in [5.41, 5.74) is 2.43. The van der Waals surface area contributed by atoms with E-state index >= 15 is 13.2 Å². The molecule has 210 valence electrons. The fraction of sp³-hybridized carbons (Fsp3) is 0.438. The summed E-state index contributed by atoms with van der Waals surface area (Å²) in [4.78, 5) is 15.6. The van der Waals surface area contributed by atoms with Gasteiger partial charge < -0.3 is 14.6 Å². The van der Waals surface area contributed by atoms with Crippen molar-refractivity contribution in [2.75, 3.05) is 7.11 Å². The van der Waals surface area contributed by atoms with E-state index in [-0.39, 0.29) is 34.8 Å². The van der Waals surface area contributed by atoms with Crippen LogP contribution in [0.25, 0.3) is 11.1 Å². The van der Waals surface area contributed by atoms with Gasteiger partial charge >= 0.3 is 5.97 Å². The monoisotopic (exact) mass is 551 g/mol. The van der Waals surface area contributed by atoms with E-state index in [1.54, 1.807) is 12.1 Å². The quantitative estimate of drug-likeness (QED) is 0.333. The maximum absolute atomic E-state index is 15.7. The zero-order valence-corrected chi connectivity index (χ0v) is 22.8. The molecular weight excluding hydrogens is 519 g/mol. The lowest BCUT2D eigenvalue weighted by Crippen LogP contribution is -2.17. The van der Waals surface area contributed by atoms with Crippen LogP contribution in [0, 0.1) is 28.8 Å². The fourth-order valence-corrected chi connectivity index (χ4v) is 7.20. The summed E-state index contributed by atoms with van der Waals surface area (Å²) >= 11 is 0. The topological polar surface area (TPSA) is 68.7 Å². The van der Waals surface area contributed by atoms with Gasteiger partial charge in [-0.3, -0.25) is 4.79 Å². The van der Waals surface area contributed by atoms with E-state index in [9.17, 15) is 9.90 Å². The van der Waals surface area contributed by atoms with Crippen LogP contribution in [0.5, 0.6) is 11.6 Å². The van der Waals surface area contributed by atoms with Crippen LogP contribution in [-0.2, 0) is 23.2 Å². The number of hydrogen-bond acceptors (Lipinski definition) is 4. The Morgan fingerprint density at radius 3 is 2.58 bits per heavy atom. The van der Waals surface area contributed by atoms with Gasteiger partial charge in [0.15, 0.2) is 11.6 Å². The van der Waals surface area contributed by atoms with E-state index < -0.39 is 34.8 Å². The van der Waals surface area contributed by atoms with Crippen molar-refractivity contribution < 1.29 is 32.5 Å². The van der Waals surface area contributed by atoms with Crippen LogP contribution in [0.1, 0.15) is 74.1 Å². The highest BCUT2D eigenvalue weighted by Crippen LogP contribution is 2.63. The minimum absolute atomic E-state index is 0.00366. The molecule has 8 heteroatoms. The molecular formula is C32H32F3NO4. The lowest BCUT2D eigenvalue weighted by molar-refractivity contribution is -0.139. The Morgan fingerprint density at radius 1 is 1.10 bits per heavy atom. The predicted octanol–water partition coefficient (Wildman–Crippen LogP) is 7.34. The van der Waals surface area contributed by atoms with E-state index in [1.165, 1.54) is 7.11 Å². The van der Waals surface area contributed by atoms with Gasteiger partial charge in [0.05, 0.1) is 19.2 Å². The molecule has 1 heterocycles. The lowest BCUT2D eigenvalue weighted by Gasteiger charge is -2.30. The molecule has 3 aliphatic carbocycles. The zero-order valence-electron chi connectivity index (χ0n) is 22.8. The Labute approximate surface area is 231 Å². The number of hydrogen-bond donors (Lipinski definition) is 1. The molecule has 1 aromatic heterocycles. The largest absolute Gasteiger partial charge is 0.486 e. The minimum Gasteiger partial charge on any atom is -0.486 e. The van der Waals surface area contributed by atoms with Crippen molar-refractivity contribution in [1.29, 1.82) is 0 Å². The summed E-state index contributed by atoms with van der Waals surface area (Å²) in [5, 5.41) is 9.51. The van der Waals surface area contributed by atoms with Gasteiger partial charge in [-0.15, -0.1) is 0 Å². The smallest absolute Gasteiger partial charge is 0.307 e. The van der Waals surface area contributed by atoms with Crippen LogP contribution < -0.4 is 9.47 Å². The van der Waals surface area contributed by atoms with Crippen LogP contribution >= 0.6 is 0 Å². The molecule has 1 N–H and O–H groups in total. The molecule has 1 spiro atoms. The highest BCUT2D eigenvalue weighted by atomic mass is 19.1. The van der Waals surface area contributed by atoms with E-state index in [4.69, 9.17) is 9.47 Å². The molecule has 2 aromatic carbocycles. The number of halogens is 3. The molecule has 40 heavy (non-hydrogen) atoms. The van der Waals surface area contributed by atoms with Gasteiger partial charge in [-0.25, -0.2) is 18.2 Å². The average Bonchev–Trinajstić information content (AvgIpc) is 3.36. The molecule has 5 nitrogen and oxygen atoms in total. The second-order valence-electron chi connectivity index (χ2n) is 12.1. The second kappa shape index (κ2) is 9.53. The number of fused-ring (bicyclic) bond motifs is 2.